The number of rotatable bonds is 3. The third kappa shape index (κ3) is 2.82. The third-order valence-electron chi connectivity index (χ3n) is 3.41. The van der Waals surface area contributed by atoms with Gasteiger partial charge in [0.1, 0.15) is 23.3 Å². The molecule has 0 saturated heterocycles. The lowest BCUT2D eigenvalue weighted by molar-refractivity contribution is 0.0996. The average molecular weight is 347 g/mol. The number of nitrogens with zero attached hydrogens (tertiary/aromatic N) is 4. The van der Waals surface area contributed by atoms with Crippen LogP contribution in [0.25, 0.3) is 11.2 Å². The molecule has 0 atom stereocenters. The molecule has 11 heteroatoms. The van der Waals surface area contributed by atoms with Crippen LogP contribution in [0.15, 0.2) is 24.8 Å². The van der Waals surface area contributed by atoms with Crippen LogP contribution >= 0.6 is 0 Å². The van der Waals surface area contributed by atoms with Gasteiger partial charge in [0.25, 0.3) is 5.91 Å². The van der Waals surface area contributed by atoms with Gasteiger partial charge in [-0.2, -0.15) is 0 Å². The first-order valence-corrected chi connectivity index (χ1v) is 6.86. The van der Waals surface area contributed by atoms with E-state index in [-0.39, 0.29) is 5.82 Å². The van der Waals surface area contributed by atoms with Crippen molar-refractivity contribution in [2.75, 3.05) is 17.3 Å². The fourth-order valence-corrected chi connectivity index (χ4v) is 2.15. The Balaban J connectivity index is 1.94. The summed E-state index contributed by atoms with van der Waals surface area (Å²) in [6, 6.07) is 0.829. The van der Waals surface area contributed by atoms with Crippen molar-refractivity contribution in [2.45, 2.75) is 0 Å². The number of fused-ring (bicyclic) bond motifs is 1. The number of amides is 3. The maximum Gasteiger partial charge on any atom is 0.327 e. The van der Waals surface area contributed by atoms with Gasteiger partial charge in [-0.25, -0.2) is 28.5 Å². The summed E-state index contributed by atoms with van der Waals surface area (Å²) in [5.41, 5.74) is 4.37. The van der Waals surface area contributed by atoms with Crippen LogP contribution in [-0.4, -0.2) is 38.9 Å². The van der Waals surface area contributed by atoms with Crippen LogP contribution in [0.5, 0.6) is 0 Å². The van der Waals surface area contributed by atoms with Crippen molar-refractivity contribution in [2.24, 2.45) is 5.73 Å². The molecule has 2 aromatic heterocycles. The number of imidazole rings is 1. The van der Waals surface area contributed by atoms with Gasteiger partial charge in [-0.1, -0.05) is 0 Å². The Kier molecular flexibility index (Phi) is 3.97. The number of nitrogens with two attached hydrogens (primary N) is 1. The summed E-state index contributed by atoms with van der Waals surface area (Å²) in [5, 5.41) is 2.06. The number of urea groups is 1. The van der Waals surface area contributed by atoms with Gasteiger partial charge in [0.15, 0.2) is 17.3 Å². The summed E-state index contributed by atoms with van der Waals surface area (Å²) >= 11 is 0. The molecule has 0 aliphatic heterocycles. The number of aromatic amines is 1. The zero-order valence-electron chi connectivity index (χ0n) is 12.7. The number of hydrogen-bond acceptors (Lipinski definition) is 5. The second kappa shape index (κ2) is 6.11. The smallest absolute Gasteiger partial charge is 0.327 e. The monoisotopic (exact) mass is 347 g/mol. The molecular weight excluding hydrogens is 336 g/mol. The van der Waals surface area contributed by atoms with Crippen LogP contribution < -0.4 is 16.0 Å². The Morgan fingerprint density at radius 2 is 2.00 bits per heavy atom. The van der Waals surface area contributed by atoms with Gasteiger partial charge < -0.3 is 16.0 Å². The highest BCUT2D eigenvalue weighted by Crippen LogP contribution is 2.24. The molecule has 2 heterocycles. The van der Waals surface area contributed by atoms with Crippen molar-refractivity contribution in [1.82, 2.24) is 19.9 Å². The first-order valence-electron chi connectivity index (χ1n) is 6.86. The van der Waals surface area contributed by atoms with Crippen LogP contribution in [0.4, 0.5) is 25.1 Å². The van der Waals surface area contributed by atoms with Gasteiger partial charge in [-0.15, -0.1) is 0 Å². The Hall–Kier alpha value is -3.63. The van der Waals surface area contributed by atoms with E-state index < -0.39 is 34.8 Å². The van der Waals surface area contributed by atoms with E-state index in [2.05, 4.69) is 25.3 Å². The Morgan fingerprint density at radius 3 is 2.72 bits per heavy atom. The summed E-state index contributed by atoms with van der Waals surface area (Å²) in [7, 11) is 1.34. The van der Waals surface area contributed by atoms with E-state index in [1.807, 2.05) is 0 Å². The topological polar surface area (TPSA) is 130 Å². The van der Waals surface area contributed by atoms with E-state index in [0.29, 0.717) is 11.2 Å². The Labute approximate surface area is 138 Å². The van der Waals surface area contributed by atoms with Gasteiger partial charge in [-0.3, -0.25) is 9.69 Å². The molecule has 0 unspecified atom stereocenters. The number of aromatic nitrogens is 4. The predicted molar refractivity (Wildman–Crippen MR) is 84.0 cm³/mol. The zero-order valence-corrected chi connectivity index (χ0v) is 12.7. The van der Waals surface area contributed by atoms with Crippen molar-refractivity contribution in [3.05, 3.63) is 42.0 Å². The van der Waals surface area contributed by atoms with Crippen LogP contribution in [0, 0.1) is 11.6 Å². The van der Waals surface area contributed by atoms with Crippen LogP contribution in [0.2, 0.25) is 0 Å². The Morgan fingerprint density at radius 1 is 1.24 bits per heavy atom. The molecule has 0 radical (unpaired) electrons. The lowest BCUT2D eigenvalue weighted by atomic mass is 10.1. The highest BCUT2D eigenvalue weighted by atomic mass is 19.1. The van der Waals surface area contributed by atoms with E-state index in [4.69, 9.17) is 5.73 Å². The molecule has 0 bridgehead atoms. The zero-order chi connectivity index (χ0) is 18.1. The normalized spacial score (nSPS) is 10.7. The van der Waals surface area contributed by atoms with E-state index >= 15 is 0 Å². The molecule has 25 heavy (non-hydrogen) atoms. The lowest BCUT2D eigenvalue weighted by Crippen LogP contribution is -2.33. The lowest BCUT2D eigenvalue weighted by Gasteiger charge is -2.18. The molecule has 4 N–H and O–H groups in total. The number of primary amides is 1. The highest BCUT2D eigenvalue weighted by Gasteiger charge is 2.22. The van der Waals surface area contributed by atoms with Crippen LogP contribution in [0.1, 0.15) is 10.4 Å². The fraction of sp³-hybridized carbons (Fsp3) is 0.0714. The quantitative estimate of drug-likeness (QED) is 0.659. The summed E-state index contributed by atoms with van der Waals surface area (Å²) < 4.78 is 28.1. The summed E-state index contributed by atoms with van der Waals surface area (Å²) in [6.07, 6.45) is 2.56. The van der Waals surface area contributed by atoms with Gasteiger partial charge in [0.05, 0.1) is 11.9 Å². The summed E-state index contributed by atoms with van der Waals surface area (Å²) in [5.74, 6) is -3.26. The highest BCUT2D eigenvalue weighted by molar-refractivity contribution is 6.05. The molecule has 0 saturated carbocycles. The first-order chi connectivity index (χ1) is 11.9. The van der Waals surface area contributed by atoms with Crippen molar-refractivity contribution in [3.63, 3.8) is 0 Å². The number of anilines is 2. The summed E-state index contributed by atoms with van der Waals surface area (Å²) in [6.45, 7) is 0. The number of nitrogens with one attached hydrogen (secondary N) is 2. The molecule has 0 aliphatic rings. The van der Waals surface area contributed by atoms with Crippen LogP contribution in [0.3, 0.4) is 0 Å². The number of benzene rings is 1. The number of hydrogen-bond donors (Lipinski definition) is 3. The minimum Gasteiger partial charge on any atom is -0.366 e. The maximum absolute atomic E-state index is 14.2. The Bertz CT molecular complexity index is 988. The summed E-state index contributed by atoms with van der Waals surface area (Å²) in [4.78, 5) is 39.1. The molecule has 1 aromatic carbocycles. The average Bonchev–Trinajstić information content (AvgIpc) is 3.06. The molecule has 0 aliphatic carbocycles. The minimum atomic E-state index is -1.26. The molecule has 0 fully saturated rings. The molecule has 9 nitrogen and oxygen atoms in total. The van der Waals surface area contributed by atoms with Gasteiger partial charge in [0.2, 0.25) is 0 Å². The SMILES string of the molecule is CN(C(=O)Nc1c(F)ccc(C(N)=O)c1F)c1ncnc2nc[nH]c12. The van der Waals surface area contributed by atoms with Crippen molar-refractivity contribution < 1.29 is 18.4 Å². The minimum absolute atomic E-state index is 0.145. The van der Waals surface area contributed by atoms with E-state index in [9.17, 15) is 18.4 Å². The number of carbonyl (C=O) groups is 2. The molecular formula is C14H11F2N7O2. The first kappa shape index (κ1) is 16.2. The molecule has 3 rings (SSSR count). The predicted octanol–water partition coefficient (Wildman–Crippen LogP) is 1.40. The van der Waals surface area contributed by atoms with E-state index in [0.717, 1.165) is 17.0 Å². The second-order valence-electron chi connectivity index (χ2n) is 4.94. The standard InChI is InChI=1S/C14H11F2N7O2/c1-23(13-10-12(19-4-18-10)20-5-21-13)14(25)22-9-7(15)3-2-6(8(9)16)11(17)24/h2-5H,1H3,(H2,17,24)(H,22,25)(H,18,19,20,21). The number of H-pyrrole nitrogens is 1. The van der Waals surface area contributed by atoms with Gasteiger partial charge in [0, 0.05) is 7.05 Å². The van der Waals surface area contributed by atoms with Gasteiger partial charge >= 0.3 is 6.03 Å². The van der Waals surface area contributed by atoms with E-state index in [1.54, 1.807) is 0 Å². The largest absolute Gasteiger partial charge is 0.366 e. The number of halogens is 2. The van der Waals surface area contributed by atoms with Crippen molar-refractivity contribution >= 4 is 34.6 Å². The molecule has 0 spiro atoms. The third-order valence-corrected chi connectivity index (χ3v) is 3.41. The fourth-order valence-electron chi connectivity index (χ4n) is 2.15. The molecule has 3 aromatic rings. The van der Waals surface area contributed by atoms with Crippen molar-refractivity contribution in [1.29, 1.82) is 0 Å². The molecule has 3 amide bonds. The van der Waals surface area contributed by atoms with Gasteiger partial charge in [-0.05, 0) is 12.1 Å². The number of carbonyl (C=O) groups excluding carboxylic acids is 2. The van der Waals surface area contributed by atoms with Crippen molar-refractivity contribution in [3.8, 4) is 0 Å². The van der Waals surface area contributed by atoms with E-state index in [1.165, 1.54) is 19.7 Å². The maximum atomic E-state index is 14.2. The van der Waals surface area contributed by atoms with Crippen LogP contribution in [-0.2, 0) is 0 Å². The molecule has 128 valence electrons. The second-order valence-corrected chi connectivity index (χ2v) is 4.94.